The molecule has 1 N–H and O–H groups in total. The van der Waals surface area contributed by atoms with Crippen molar-refractivity contribution in [3.05, 3.63) is 93.5 Å². The summed E-state index contributed by atoms with van der Waals surface area (Å²) in [7, 11) is 0. The Labute approximate surface area is 196 Å². The molecule has 3 aromatic rings. The number of benzene rings is 3. The van der Waals surface area contributed by atoms with Crippen molar-refractivity contribution in [3.63, 3.8) is 0 Å². The summed E-state index contributed by atoms with van der Waals surface area (Å²) >= 11 is 12.2. The highest BCUT2D eigenvalue weighted by atomic mass is 35.5. The normalized spacial score (nSPS) is 23.4. The number of halogens is 2. The van der Waals surface area contributed by atoms with E-state index in [1.165, 1.54) is 4.90 Å². The number of urea groups is 1. The quantitative estimate of drug-likeness (QED) is 0.503. The Hall–Kier alpha value is -3.04. The van der Waals surface area contributed by atoms with Gasteiger partial charge in [0.1, 0.15) is 5.54 Å². The number of amides is 2. The van der Waals surface area contributed by atoms with Crippen molar-refractivity contribution >= 4 is 40.6 Å². The van der Waals surface area contributed by atoms with E-state index in [1.54, 1.807) is 65.6 Å². The van der Waals surface area contributed by atoms with Crippen LogP contribution in [0.4, 0.5) is 16.2 Å². The van der Waals surface area contributed by atoms with E-state index < -0.39 is 11.3 Å². The van der Waals surface area contributed by atoms with E-state index in [9.17, 15) is 15.2 Å². The van der Waals surface area contributed by atoms with Gasteiger partial charge in [0.05, 0.1) is 11.6 Å². The van der Waals surface area contributed by atoms with Gasteiger partial charge in [-0.2, -0.15) is 5.26 Å². The zero-order valence-electron chi connectivity index (χ0n) is 17.2. The summed E-state index contributed by atoms with van der Waals surface area (Å²) in [5.74, 6) is 0. The van der Waals surface area contributed by atoms with Crippen LogP contribution in [0.5, 0.6) is 0 Å². The van der Waals surface area contributed by atoms with Crippen molar-refractivity contribution in [2.75, 3.05) is 9.80 Å². The van der Waals surface area contributed by atoms with Crippen LogP contribution in [0.15, 0.2) is 66.7 Å². The molecule has 2 aliphatic rings. The standard InChI is InChI=1S/C25H19Cl2N3O2/c1-2-13-24-21-12-3-16(15-28)14-22(21)25(24,32)30(20-10-6-18(27)7-11-20)23(31)29(24)19-8-4-17(26)5-9-19/h3-12,14,32H,2,13H2,1H3. The number of hydrogen-bond acceptors (Lipinski definition) is 3. The van der Waals surface area contributed by atoms with Crippen LogP contribution in [-0.4, -0.2) is 11.1 Å². The molecule has 1 saturated heterocycles. The Morgan fingerprint density at radius 3 is 2.00 bits per heavy atom. The minimum absolute atomic E-state index is 0.361. The van der Waals surface area contributed by atoms with Gasteiger partial charge >= 0.3 is 6.03 Å². The second-order valence-electron chi connectivity index (χ2n) is 8.06. The van der Waals surface area contributed by atoms with Crippen LogP contribution in [0.1, 0.15) is 36.5 Å². The number of hydrogen-bond donors (Lipinski definition) is 1. The SMILES string of the molecule is CCCC12c3ccc(C#N)cc3C1(O)N(c1ccc(Cl)cc1)C(=O)N2c1ccc(Cl)cc1. The zero-order valence-corrected chi connectivity index (χ0v) is 18.7. The summed E-state index contributed by atoms with van der Waals surface area (Å²) in [6, 6.07) is 20.8. The second kappa shape index (κ2) is 7.25. The smallest absolute Gasteiger partial charge is 0.332 e. The van der Waals surface area contributed by atoms with Crippen molar-refractivity contribution < 1.29 is 9.90 Å². The molecule has 0 bridgehead atoms. The van der Waals surface area contributed by atoms with E-state index in [0.717, 1.165) is 12.0 Å². The molecule has 1 fully saturated rings. The predicted molar refractivity (Wildman–Crippen MR) is 125 cm³/mol. The monoisotopic (exact) mass is 463 g/mol. The number of nitrogens with zero attached hydrogens (tertiary/aromatic N) is 3. The Balaban J connectivity index is 1.81. The second-order valence-corrected chi connectivity index (χ2v) is 8.93. The third-order valence-electron chi connectivity index (χ3n) is 6.42. The molecule has 1 heterocycles. The van der Waals surface area contributed by atoms with Crippen molar-refractivity contribution in [2.45, 2.75) is 31.0 Å². The zero-order chi connectivity index (χ0) is 22.7. The predicted octanol–water partition coefficient (Wildman–Crippen LogP) is 6.17. The Bertz CT molecular complexity index is 1270. The van der Waals surface area contributed by atoms with Crippen LogP contribution >= 0.6 is 23.2 Å². The van der Waals surface area contributed by atoms with E-state index in [2.05, 4.69) is 6.07 Å². The topological polar surface area (TPSA) is 67.6 Å². The molecule has 0 radical (unpaired) electrons. The van der Waals surface area contributed by atoms with Gasteiger partial charge in [0.2, 0.25) is 5.72 Å². The molecular weight excluding hydrogens is 445 g/mol. The minimum Gasteiger partial charge on any atom is -0.364 e. The van der Waals surface area contributed by atoms with Crippen LogP contribution < -0.4 is 9.80 Å². The number of fused-ring (bicyclic) bond motifs is 4. The minimum atomic E-state index is -1.66. The molecule has 7 heteroatoms. The molecule has 2 atom stereocenters. The summed E-state index contributed by atoms with van der Waals surface area (Å²) in [5, 5.41) is 22.9. The summed E-state index contributed by atoms with van der Waals surface area (Å²) in [6.07, 6.45) is 1.26. The lowest BCUT2D eigenvalue weighted by atomic mass is 9.60. The lowest BCUT2D eigenvalue weighted by molar-refractivity contribution is -0.0566. The van der Waals surface area contributed by atoms with E-state index in [0.29, 0.717) is 39.0 Å². The van der Waals surface area contributed by atoms with Crippen LogP contribution in [0.2, 0.25) is 10.0 Å². The first kappa shape index (κ1) is 20.8. The number of anilines is 2. The van der Waals surface area contributed by atoms with Crippen LogP contribution in [0, 0.1) is 11.3 Å². The first-order chi connectivity index (χ1) is 15.4. The Kier molecular flexibility index (Phi) is 4.72. The van der Waals surface area contributed by atoms with Gasteiger partial charge in [-0.1, -0.05) is 42.6 Å². The Morgan fingerprint density at radius 2 is 1.47 bits per heavy atom. The maximum Gasteiger partial charge on any atom is 0.332 e. The van der Waals surface area contributed by atoms with Crippen molar-refractivity contribution in [1.29, 1.82) is 5.26 Å². The molecule has 0 aromatic heterocycles. The molecule has 2 unspecified atom stereocenters. The molecular formula is C25H19Cl2N3O2. The van der Waals surface area contributed by atoms with Gasteiger partial charge in [0.15, 0.2) is 0 Å². The average molecular weight is 464 g/mol. The highest BCUT2D eigenvalue weighted by Gasteiger charge is 2.76. The summed E-state index contributed by atoms with van der Waals surface area (Å²) in [4.78, 5) is 17.1. The first-order valence-electron chi connectivity index (χ1n) is 10.3. The molecule has 5 rings (SSSR count). The lowest BCUT2D eigenvalue weighted by Crippen LogP contribution is -2.65. The third-order valence-corrected chi connectivity index (χ3v) is 6.92. The van der Waals surface area contributed by atoms with Crippen molar-refractivity contribution in [3.8, 4) is 6.07 Å². The van der Waals surface area contributed by atoms with Crippen LogP contribution in [0.25, 0.3) is 0 Å². The van der Waals surface area contributed by atoms with E-state index in [4.69, 9.17) is 23.2 Å². The molecule has 1 aliphatic heterocycles. The van der Waals surface area contributed by atoms with Gasteiger partial charge in [-0.3, -0.25) is 9.80 Å². The number of nitriles is 1. The fourth-order valence-corrected chi connectivity index (χ4v) is 5.44. The highest BCUT2D eigenvalue weighted by molar-refractivity contribution is 6.31. The van der Waals surface area contributed by atoms with Gasteiger partial charge < -0.3 is 5.11 Å². The van der Waals surface area contributed by atoms with Gasteiger partial charge in [-0.05, 0) is 72.6 Å². The summed E-state index contributed by atoms with van der Waals surface area (Å²) in [6.45, 7) is 2.02. The maximum atomic E-state index is 14.0. The van der Waals surface area contributed by atoms with Gasteiger partial charge in [0.25, 0.3) is 0 Å². The number of carbonyl (C=O) groups excluding carboxylic acids is 1. The van der Waals surface area contributed by atoms with E-state index in [-0.39, 0.29) is 6.03 Å². The average Bonchev–Trinajstić information content (AvgIpc) is 2.96. The molecule has 1 aliphatic carbocycles. The highest BCUT2D eigenvalue weighted by Crippen LogP contribution is 2.66. The molecule has 2 amide bonds. The molecule has 0 spiro atoms. The van der Waals surface area contributed by atoms with Crippen molar-refractivity contribution in [2.24, 2.45) is 0 Å². The van der Waals surface area contributed by atoms with Gasteiger partial charge in [0, 0.05) is 27.0 Å². The van der Waals surface area contributed by atoms with Crippen LogP contribution in [0.3, 0.4) is 0 Å². The van der Waals surface area contributed by atoms with Gasteiger partial charge in [-0.15, -0.1) is 0 Å². The maximum absolute atomic E-state index is 14.0. The first-order valence-corrected chi connectivity index (χ1v) is 11.1. The molecule has 0 saturated carbocycles. The molecule has 5 nitrogen and oxygen atoms in total. The van der Waals surface area contributed by atoms with Crippen LogP contribution in [-0.2, 0) is 11.3 Å². The fourth-order valence-electron chi connectivity index (χ4n) is 5.19. The number of carbonyl (C=O) groups is 1. The fraction of sp³-hybridized carbons (Fsp3) is 0.200. The molecule has 160 valence electrons. The summed E-state index contributed by atoms with van der Waals surface area (Å²) < 4.78 is 0. The van der Waals surface area contributed by atoms with Crippen molar-refractivity contribution in [1.82, 2.24) is 0 Å². The largest absolute Gasteiger partial charge is 0.364 e. The Morgan fingerprint density at radius 1 is 0.906 bits per heavy atom. The lowest BCUT2D eigenvalue weighted by Gasteiger charge is -2.56. The molecule has 3 aromatic carbocycles. The number of rotatable bonds is 4. The number of aliphatic hydroxyl groups is 1. The van der Waals surface area contributed by atoms with E-state index in [1.807, 2.05) is 13.0 Å². The summed E-state index contributed by atoms with van der Waals surface area (Å²) in [5.41, 5.74) is 0.302. The third kappa shape index (κ3) is 2.52. The van der Waals surface area contributed by atoms with E-state index >= 15 is 0 Å². The molecule has 32 heavy (non-hydrogen) atoms. The van der Waals surface area contributed by atoms with Gasteiger partial charge in [-0.25, -0.2) is 4.79 Å².